The first-order chi connectivity index (χ1) is 10.2. The molecule has 0 bridgehead atoms. The van der Waals surface area contributed by atoms with Gasteiger partial charge in [0.15, 0.2) is 0 Å². The lowest BCUT2D eigenvalue weighted by Crippen LogP contribution is -2.31. The standard InChI is InChI=1S/C17H31N3O2/c1-13(2)9-10-22-17(5,6)12-20-11-15(18-19-20)7-8-16(21)14(3)4/h11,13-14H,7-10,12H2,1-6H3. The highest BCUT2D eigenvalue weighted by Crippen LogP contribution is 2.14. The fourth-order valence-corrected chi connectivity index (χ4v) is 2.08. The Morgan fingerprint density at radius 1 is 1.32 bits per heavy atom. The third-order valence-electron chi connectivity index (χ3n) is 3.59. The molecule has 0 radical (unpaired) electrons. The molecule has 0 fully saturated rings. The predicted molar refractivity (Wildman–Crippen MR) is 87.7 cm³/mol. The van der Waals surface area contributed by atoms with Crippen LogP contribution < -0.4 is 0 Å². The van der Waals surface area contributed by atoms with Gasteiger partial charge in [0.25, 0.3) is 0 Å². The summed E-state index contributed by atoms with van der Waals surface area (Å²) in [5.74, 6) is 1.00. The van der Waals surface area contributed by atoms with Crippen LogP contribution in [0.3, 0.4) is 0 Å². The molecule has 0 unspecified atom stereocenters. The summed E-state index contributed by atoms with van der Waals surface area (Å²) in [6.07, 6.45) is 4.17. The van der Waals surface area contributed by atoms with Crippen molar-refractivity contribution in [3.05, 3.63) is 11.9 Å². The predicted octanol–water partition coefficient (Wildman–Crippen LogP) is 3.28. The Morgan fingerprint density at radius 3 is 2.59 bits per heavy atom. The van der Waals surface area contributed by atoms with Gasteiger partial charge in [0.1, 0.15) is 5.78 Å². The van der Waals surface area contributed by atoms with Crippen LogP contribution in [0.25, 0.3) is 0 Å². The molecule has 0 saturated carbocycles. The van der Waals surface area contributed by atoms with Crippen LogP contribution in [0.1, 0.15) is 60.1 Å². The Labute approximate surface area is 134 Å². The number of aryl methyl sites for hydroxylation is 1. The number of ketones is 1. The van der Waals surface area contributed by atoms with Crippen LogP contribution in [0, 0.1) is 11.8 Å². The van der Waals surface area contributed by atoms with Crippen molar-refractivity contribution in [1.29, 1.82) is 0 Å². The monoisotopic (exact) mass is 309 g/mol. The second-order valence-electron chi connectivity index (χ2n) is 7.32. The van der Waals surface area contributed by atoms with Crippen LogP contribution in [0.15, 0.2) is 6.20 Å². The Balaban J connectivity index is 2.44. The number of rotatable bonds is 10. The maximum Gasteiger partial charge on any atom is 0.135 e. The number of ether oxygens (including phenoxy) is 1. The Kier molecular flexibility index (Phi) is 7.20. The van der Waals surface area contributed by atoms with Gasteiger partial charge in [-0.15, -0.1) is 5.10 Å². The van der Waals surface area contributed by atoms with Gasteiger partial charge in [0.2, 0.25) is 0 Å². The molecule has 0 aliphatic rings. The first kappa shape index (κ1) is 18.8. The SMILES string of the molecule is CC(C)CCOC(C)(C)Cn1cc(CCC(=O)C(C)C)nn1. The molecule has 0 amide bonds. The molecule has 126 valence electrons. The minimum Gasteiger partial charge on any atom is -0.374 e. The van der Waals surface area contributed by atoms with Gasteiger partial charge in [0, 0.05) is 31.6 Å². The van der Waals surface area contributed by atoms with E-state index >= 15 is 0 Å². The molecule has 1 rings (SSSR count). The zero-order valence-electron chi connectivity index (χ0n) is 14.9. The summed E-state index contributed by atoms with van der Waals surface area (Å²) in [5, 5.41) is 8.29. The fraction of sp³-hybridized carbons (Fsp3) is 0.824. The average Bonchev–Trinajstić information content (AvgIpc) is 2.81. The van der Waals surface area contributed by atoms with E-state index in [4.69, 9.17) is 4.74 Å². The fourth-order valence-electron chi connectivity index (χ4n) is 2.08. The van der Waals surface area contributed by atoms with Crippen molar-refractivity contribution < 1.29 is 9.53 Å². The van der Waals surface area contributed by atoms with E-state index < -0.39 is 0 Å². The first-order valence-corrected chi connectivity index (χ1v) is 8.25. The molecule has 0 saturated heterocycles. The largest absolute Gasteiger partial charge is 0.374 e. The molecule has 1 aromatic heterocycles. The van der Waals surface area contributed by atoms with Crippen molar-refractivity contribution in [3.63, 3.8) is 0 Å². The van der Waals surface area contributed by atoms with Crippen LogP contribution in [0.4, 0.5) is 0 Å². The zero-order valence-corrected chi connectivity index (χ0v) is 14.9. The molecule has 0 spiro atoms. The zero-order chi connectivity index (χ0) is 16.8. The van der Waals surface area contributed by atoms with Gasteiger partial charge in [-0.3, -0.25) is 4.79 Å². The summed E-state index contributed by atoms with van der Waals surface area (Å²) >= 11 is 0. The summed E-state index contributed by atoms with van der Waals surface area (Å²) < 4.78 is 7.75. The lowest BCUT2D eigenvalue weighted by atomic mass is 10.0. The van der Waals surface area contributed by atoms with Crippen molar-refractivity contribution in [2.45, 2.75) is 73.0 Å². The second kappa shape index (κ2) is 8.42. The van der Waals surface area contributed by atoms with Crippen molar-refractivity contribution in [1.82, 2.24) is 15.0 Å². The van der Waals surface area contributed by atoms with Gasteiger partial charge in [0.05, 0.1) is 17.8 Å². The molecule has 0 N–H and O–H groups in total. The summed E-state index contributed by atoms with van der Waals surface area (Å²) in [5.41, 5.74) is 0.597. The quantitative estimate of drug-likeness (QED) is 0.665. The van der Waals surface area contributed by atoms with Crippen LogP contribution in [0.5, 0.6) is 0 Å². The first-order valence-electron chi connectivity index (χ1n) is 8.25. The molecule has 0 atom stereocenters. The summed E-state index contributed by atoms with van der Waals surface area (Å²) in [6, 6.07) is 0. The normalized spacial score (nSPS) is 12.4. The number of hydrogen-bond acceptors (Lipinski definition) is 4. The minimum atomic E-state index is -0.270. The van der Waals surface area contributed by atoms with Gasteiger partial charge in [-0.1, -0.05) is 32.9 Å². The number of Topliss-reactive ketones (excluding diaryl/α,β-unsaturated/α-hetero) is 1. The van der Waals surface area contributed by atoms with E-state index in [1.165, 1.54) is 0 Å². The van der Waals surface area contributed by atoms with Crippen LogP contribution >= 0.6 is 0 Å². The smallest absolute Gasteiger partial charge is 0.135 e. The van der Waals surface area contributed by atoms with Gasteiger partial charge in [-0.05, 0) is 26.2 Å². The van der Waals surface area contributed by atoms with E-state index in [-0.39, 0.29) is 17.3 Å². The third-order valence-corrected chi connectivity index (χ3v) is 3.59. The molecule has 5 nitrogen and oxygen atoms in total. The molecule has 5 heteroatoms. The van der Waals surface area contributed by atoms with Gasteiger partial charge in [-0.25, -0.2) is 4.68 Å². The van der Waals surface area contributed by atoms with Crippen LogP contribution in [0.2, 0.25) is 0 Å². The molecular formula is C17H31N3O2. The lowest BCUT2D eigenvalue weighted by Gasteiger charge is -2.25. The van der Waals surface area contributed by atoms with E-state index in [9.17, 15) is 4.79 Å². The number of nitrogens with zero attached hydrogens (tertiary/aromatic N) is 3. The summed E-state index contributed by atoms with van der Waals surface area (Å²) in [4.78, 5) is 11.6. The van der Waals surface area contributed by atoms with Crippen LogP contribution in [-0.4, -0.2) is 33.0 Å². The minimum absolute atomic E-state index is 0.0864. The third kappa shape index (κ3) is 7.16. The summed E-state index contributed by atoms with van der Waals surface area (Å²) in [7, 11) is 0. The van der Waals surface area contributed by atoms with Crippen LogP contribution in [-0.2, 0) is 22.5 Å². The Morgan fingerprint density at radius 2 is 2.00 bits per heavy atom. The van der Waals surface area contributed by atoms with Gasteiger partial charge < -0.3 is 4.74 Å². The highest BCUT2D eigenvalue weighted by atomic mass is 16.5. The van der Waals surface area contributed by atoms with E-state index in [0.717, 1.165) is 18.7 Å². The maximum absolute atomic E-state index is 11.6. The molecule has 0 aromatic carbocycles. The molecular weight excluding hydrogens is 278 g/mol. The molecule has 0 aliphatic carbocycles. The second-order valence-corrected chi connectivity index (χ2v) is 7.32. The van der Waals surface area contributed by atoms with Gasteiger partial charge >= 0.3 is 0 Å². The molecule has 0 aliphatic heterocycles. The Bertz CT molecular complexity index is 464. The Hall–Kier alpha value is -1.23. The van der Waals surface area contributed by atoms with Crippen molar-refractivity contribution in [2.75, 3.05) is 6.61 Å². The molecule has 22 heavy (non-hydrogen) atoms. The van der Waals surface area contributed by atoms with Crippen molar-refractivity contribution in [3.8, 4) is 0 Å². The van der Waals surface area contributed by atoms with Crippen molar-refractivity contribution >= 4 is 5.78 Å². The number of carbonyl (C=O) groups excluding carboxylic acids is 1. The number of carbonyl (C=O) groups is 1. The maximum atomic E-state index is 11.6. The van der Waals surface area contributed by atoms with E-state index in [1.807, 2.05) is 24.7 Å². The topological polar surface area (TPSA) is 57.0 Å². The van der Waals surface area contributed by atoms with Gasteiger partial charge in [-0.2, -0.15) is 0 Å². The van der Waals surface area contributed by atoms with Crippen molar-refractivity contribution in [2.24, 2.45) is 11.8 Å². The molecule has 1 aromatic rings. The highest BCUT2D eigenvalue weighted by Gasteiger charge is 2.20. The van der Waals surface area contributed by atoms with E-state index in [2.05, 4.69) is 38.0 Å². The summed E-state index contributed by atoms with van der Waals surface area (Å²) in [6.45, 7) is 13.8. The number of hydrogen-bond donors (Lipinski definition) is 0. The average molecular weight is 309 g/mol. The lowest BCUT2D eigenvalue weighted by molar-refractivity contribution is -0.121. The number of aromatic nitrogens is 3. The molecule has 1 heterocycles. The van der Waals surface area contributed by atoms with E-state index in [0.29, 0.717) is 25.3 Å². The van der Waals surface area contributed by atoms with E-state index in [1.54, 1.807) is 0 Å². The highest BCUT2D eigenvalue weighted by molar-refractivity contribution is 5.80.